The number of carbonyl (C=O) groups excluding carboxylic acids is 1. The number of methoxy groups -OCH3 is 1. The first-order valence-electron chi connectivity index (χ1n) is 7.81. The third-order valence-corrected chi connectivity index (χ3v) is 3.98. The SMILES string of the molecule is CO/N=C(/C(=O)OC)c1ccccc1COc1cc(Cl)c(OC(F)(F)F)c(Cl)c1. The standard InChI is InChI=1S/C18H14Cl2F3NO5/c1-26-17(25)15(24-27-2)12-6-4-3-5-10(12)9-28-11-7-13(19)16(14(20)8-11)29-18(21,22)23/h3-8H,9H2,1-2H3/b24-15+. The Labute approximate surface area is 173 Å². The molecule has 2 aromatic carbocycles. The minimum absolute atomic E-state index is 0.0813. The van der Waals surface area contributed by atoms with E-state index >= 15 is 0 Å². The van der Waals surface area contributed by atoms with Gasteiger partial charge < -0.3 is 19.0 Å². The molecule has 0 N–H and O–H groups in total. The zero-order valence-electron chi connectivity index (χ0n) is 15.0. The number of benzene rings is 2. The molecule has 29 heavy (non-hydrogen) atoms. The van der Waals surface area contributed by atoms with Crippen molar-refractivity contribution < 1.29 is 37.0 Å². The van der Waals surface area contributed by atoms with Crippen LogP contribution >= 0.6 is 23.2 Å². The Hall–Kier alpha value is -2.65. The zero-order valence-corrected chi connectivity index (χ0v) is 16.6. The van der Waals surface area contributed by atoms with Gasteiger partial charge in [0.2, 0.25) is 0 Å². The highest BCUT2D eigenvalue weighted by molar-refractivity contribution is 6.43. The number of ether oxygens (including phenoxy) is 3. The lowest BCUT2D eigenvalue weighted by molar-refractivity contribution is -0.274. The molecule has 0 aromatic heterocycles. The van der Waals surface area contributed by atoms with E-state index in [2.05, 4.69) is 14.7 Å². The highest BCUT2D eigenvalue weighted by Crippen LogP contribution is 2.40. The van der Waals surface area contributed by atoms with Gasteiger partial charge in [-0.1, -0.05) is 52.6 Å². The second kappa shape index (κ2) is 9.71. The van der Waals surface area contributed by atoms with Crippen molar-refractivity contribution in [2.24, 2.45) is 5.16 Å². The molecular formula is C18H14Cl2F3NO5. The van der Waals surface area contributed by atoms with Gasteiger partial charge in [0.05, 0.1) is 17.2 Å². The van der Waals surface area contributed by atoms with E-state index in [1.165, 1.54) is 14.2 Å². The molecular weight excluding hydrogens is 438 g/mol. The van der Waals surface area contributed by atoms with Gasteiger partial charge in [0.25, 0.3) is 0 Å². The molecule has 11 heteroatoms. The van der Waals surface area contributed by atoms with Gasteiger partial charge in [-0.05, 0) is 5.56 Å². The number of hydrogen-bond acceptors (Lipinski definition) is 6. The number of esters is 1. The summed E-state index contributed by atoms with van der Waals surface area (Å²) in [6.07, 6.45) is -4.94. The Balaban J connectivity index is 2.27. The predicted molar refractivity (Wildman–Crippen MR) is 99.5 cm³/mol. The maximum absolute atomic E-state index is 12.4. The Morgan fingerprint density at radius 3 is 2.28 bits per heavy atom. The van der Waals surface area contributed by atoms with Crippen molar-refractivity contribution in [1.82, 2.24) is 0 Å². The molecule has 0 radical (unpaired) electrons. The zero-order chi connectivity index (χ0) is 21.6. The first-order chi connectivity index (χ1) is 13.7. The highest BCUT2D eigenvalue weighted by Gasteiger charge is 2.33. The maximum Gasteiger partial charge on any atom is 0.573 e. The van der Waals surface area contributed by atoms with Gasteiger partial charge in [-0.3, -0.25) is 0 Å². The summed E-state index contributed by atoms with van der Waals surface area (Å²) in [6.45, 7) is -0.0813. The van der Waals surface area contributed by atoms with Crippen LogP contribution in [-0.2, 0) is 21.0 Å². The Bertz CT molecular complexity index is 896. The quantitative estimate of drug-likeness (QED) is 0.336. The molecule has 2 aromatic rings. The molecule has 0 saturated heterocycles. The van der Waals surface area contributed by atoms with E-state index in [0.29, 0.717) is 11.1 Å². The first kappa shape index (κ1) is 22.6. The fourth-order valence-electron chi connectivity index (χ4n) is 2.26. The number of alkyl halides is 3. The van der Waals surface area contributed by atoms with E-state index in [1.807, 2.05) is 0 Å². The van der Waals surface area contributed by atoms with Gasteiger partial charge >= 0.3 is 12.3 Å². The van der Waals surface area contributed by atoms with Crippen molar-refractivity contribution in [2.45, 2.75) is 13.0 Å². The van der Waals surface area contributed by atoms with Crippen molar-refractivity contribution in [3.63, 3.8) is 0 Å². The maximum atomic E-state index is 12.4. The fourth-order valence-corrected chi connectivity index (χ4v) is 2.80. The summed E-state index contributed by atoms with van der Waals surface area (Å²) < 4.78 is 51.3. The minimum Gasteiger partial charge on any atom is -0.489 e. The van der Waals surface area contributed by atoms with Crippen LogP contribution in [0.2, 0.25) is 10.0 Å². The molecule has 0 amide bonds. The Morgan fingerprint density at radius 2 is 1.72 bits per heavy atom. The van der Waals surface area contributed by atoms with Crippen molar-refractivity contribution in [3.05, 3.63) is 57.6 Å². The summed E-state index contributed by atoms with van der Waals surface area (Å²) >= 11 is 11.6. The molecule has 0 bridgehead atoms. The van der Waals surface area contributed by atoms with E-state index < -0.39 is 18.1 Å². The number of hydrogen-bond donors (Lipinski definition) is 0. The molecule has 2 rings (SSSR count). The van der Waals surface area contributed by atoms with Crippen LogP contribution in [0.15, 0.2) is 41.6 Å². The largest absolute Gasteiger partial charge is 0.573 e. The minimum atomic E-state index is -4.94. The predicted octanol–water partition coefficient (Wildman–Crippen LogP) is 4.99. The van der Waals surface area contributed by atoms with Gasteiger partial charge in [0.1, 0.15) is 19.5 Å². The van der Waals surface area contributed by atoms with Crippen molar-refractivity contribution in [3.8, 4) is 11.5 Å². The van der Waals surface area contributed by atoms with Gasteiger partial charge in [0, 0.05) is 17.7 Å². The van der Waals surface area contributed by atoms with E-state index in [-0.39, 0.29) is 28.1 Å². The summed E-state index contributed by atoms with van der Waals surface area (Å²) in [5.41, 5.74) is 0.825. The lowest BCUT2D eigenvalue weighted by atomic mass is 10.0. The first-order valence-corrected chi connectivity index (χ1v) is 8.57. The summed E-state index contributed by atoms with van der Waals surface area (Å²) in [6, 6.07) is 8.89. The fraction of sp³-hybridized carbons (Fsp3) is 0.222. The Morgan fingerprint density at radius 1 is 1.10 bits per heavy atom. The second-order valence-corrected chi connectivity index (χ2v) is 6.14. The molecule has 0 aliphatic heterocycles. The number of carbonyl (C=O) groups is 1. The van der Waals surface area contributed by atoms with Crippen LogP contribution in [0, 0.1) is 0 Å². The molecule has 0 atom stereocenters. The second-order valence-electron chi connectivity index (χ2n) is 5.32. The monoisotopic (exact) mass is 451 g/mol. The average molecular weight is 452 g/mol. The summed E-state index contributed by atoms with van der Waals surface area (Å²) in [5.74, 6) is -1.36. The van der Waals surface area contributed by atoms with Crippen LogP contribution < -0.4 is 9.47 Å². The van der Waals surface area contributed by atoms with Crippen LogP contribution in [0.25, 0.3) is 0 Å². The van der Waals surface area contributed by atoms with Crippen molar-refractivity contribution in [1.29, 1.82) is 0 Å². The highest BCUT2D eigenvalue weighted by atomic mass is 35.5. The average Bonchev–Trinajstić information content (AvgIpc) is 2.66. The van der Waals surface area contributed by atoms with Gasteiger partial charge in [0.15, 0.2) is 11.5 Å². The van der Waals surface area contributed by atoms with Crippen LogP contribution in [0.1, 0.15) is 11.1 Å². The van der Waals surface area contributed by atoms with Crippen LogP contribution in [0.4, 0.5) is 13.2 Å². The normalized spacial score (nSPS) is 11.8. The van der Waals surface area contributed by atoms with Crippen LogP contribution in [-0.4, -0.2) is 32.3 Å². The molecule has 0 spiro atoms. The number of rotatable bonds is 7. The molecule has 156 valence electrons. The van der Waals surface area contributed by atoms with Crippen molar-refractivity contribution in [2.75, 3.05) is 14.2 Å². The Kier molecular flexibility index (Phi) is 7.58. The molecule has 0 heterocycles. The number of nitrogens with zero attached hydrogens (tertiary/aromatic N) is 1. The third-order valence-electron chi connectivity index (χ3n) is 3.42. The van der Waals surface area contributed by atoms with Gasteiger partial charge in [-0.2, -0.15) is 0 Å². The third kappa shape index (κ3) is 6.16. The summed E-state index contributed by atoms with van der Waals surface area (Å²) in [5, 5.41) is 2.92. The van der Waals surface area contributed by atoms with E-state index in [4.69, 9.17) is 32.7 Å². The lowest BCUT2D eigenvalue weighted by Gasteiger charge is -2.15. The number of oxime groups is 1. The number of halogens is 5. The molecule has 0 saturated carbocycles. The van der Waals surface area contributed by atoms with Crippen LogP contribution in [0.5, 0.6) is 11.5 Å². The van der Waals surface area contributed by atoms with E-state index in [9.17, 15) is 18.0 Å². The topological polar surface area (TPSA) is 66.4 Å². The molecule has 0 unspecified atom stereocenters. The molecule has 6 nitrogen and oxygen atoms in total. The van der Waals surface area contributed by atoms with Crippen LogP contribution in [0.3, 0.4) is 0 Å². The summed E-state index contributed by atoms with van der Waals surface area (Å²) in [7, 11) is 2.47. The smallest absolute Gasteiger partial charge is 0.489 e. The molecule has 0 fully saturated rings. The lowest BCUT2D eigenvalue weighted by Crippen LogP contribution is -2.20. The van der Waals surface area contributed by atoms with E-state index in [1.54, 1.807) is 24.3 Å². The van der Waals surface area contributed by atoms with Gasteiger partial charge in [-0.25, -0.2) is 4.79 Å². The van der Waals surface area contributed by atoms with E-state index in [0.717, 1.165) is 12.1 Å². The molecule has 0 aliphatic carbocycles. The molecule has 0 aliphatic rings. The van der Waals surface area contributed by atoms with Crippen molar-refractivity contribution >= 4 is 34.9 Å². The summed E-state index contributed by atoms with van der Waals surface area (Å²) in [4.78, 5) is 16.6. The van der Waals surface area contributed by atoms with Gasteiger partial charge in [-0.15, -0.1) is 13.2 Å².